The minimum absolute atomic E-state index is 0.00815. The quantitative estimate of drug-likeness (QED) is 0.0621. The molecule has 39 heavy (non-hydrogen) atoms. The average Bonchev–Trinajstić information content (AvgIpc) is 2.84. The second kappa shape index (κ2) is 15.8. The van der Waals surface area contributed by atoms with Crippen LogP contribution in [0.3, 0.4) is 0 Å². The Morgan fingerprint density at radius 1 is 0.923 bits per heavy atom. The number of carboxylic acid groups (broad SMARTS) is 2. The summed E-state index contributed by atoms with van der Waals surface area (Å²) in [6.07, 6.45) is -0.366. The molecule has 0 aliphatic carbocycles. The van der Waals surface area contributed by atoms with Crippen LogP contribution in [0, 0.1) is 11.3 Å². The van der Waals surface area contributed by atoms with E-state index < -0.39 is 66.2 Å². The van der Waals surface area contributed by atoms with Crippen LogP contribution in [0.1, 0.15) is 38.7 Å². The zero-order chi connectivity index (χ0) is 29.7. The summed E-state index contributed by atoms with van der Waals surface area (Å²) in [4.78, 5) is 61.5. The van der Waals surface area contributed by atoms with Crippen LogP contribution < -0.4 is 32.7 Å². The van der Waals surface area contributed by atoms with Gasteiger partial charge in [0.15, 0.2) is 5.96 Å². The van der Waals surface area contributed by atoms with Gasteiger partial charge in [0.2, 0.25) is 17.7 Å². The molecule has 12 N–H and O–H groups in total. The highest BCUT2D eigenvalue weighted by Crippen LogP contribution is 2.12. The predicted octanol–water partition coefficient (Wildman–Crippen LogP) is -1.81. The summed E-state index contributed by atoms with van der Waals surface area (Å²) >= 11 is 0. The van der Waals surface area contributed by atoms with Gasteiger partial charge in [-0.3, -0.25) is 24.6 Å². The largest absolute Gasteiger partial charge is 0.508 e. The monoisotopic (exact) mass is 551 g/mol. The Balaban J connectivity index is 2.90. The van der Waals surface area contributed by atoms with Crippen molar-refractivity contribution in [2.45, 2.75) is 63.7 Å². The van der Waals surface area contributed by atoms with Crippen molar-refractivity contribution in [2.75, 3.05) is 6.54 Å². The van der Waals surface area contributed by atoms with Crippen molar-refractivity contribution in [3.05, 3.63) is 29.8 Å². The van der Waals surface area contributed by atoms with Gasteiger partial charge in [-0.2, -0.15) is 0 Å². The van der Waals surface area contributed by atoms with Crippen molar-refractivity contribution in [3.8, 4) is 5.75 Å². The maximum Gasteiger partial charge on any atom is 0.326 e. The number of guanidine groups is 1. The molecule has 0 bridgehead atoms. The lowest BCUT2D eigenvalue weighted by Gasteiger charge is -2.26. The van der Waals surface area contributed by atoms with Crippen LogP contribution in [0.25, 0.3) is 0 Å². The number of nitrogens with one attached hydrogen (secondary N) is 5. The number of phenols is 1. The van der Waals surface area contributed by atoms with Crippen molar-refractivity contribution in [2.24, 2.45) is 17.4 Å². The molecule has 0 aliphatic heterocycles. The van der Waals surface area contributed by atoms with E-state index in [0.29, 0.717) is 12.0 Å². The Morgan fingerprint density at radius 2 is 1.51 bits per heavy atom. The number of hydrogen-bond donors (Lipinski definition) is 10. The van der Waals surface area contributed by atoms with E-state index in [9.17, 15) is 39.3 Å². The Labute approximate surface area is 225 Å². The first-order chi connectivity index (χ1) is 18.2. The normalized spacial score (nSPS) is 13.8. The molecule has 216 valence electrons. The van der Waals surface area contributed by atoms with E-state index in [4.69, 9.17) is 16.9 Å². The number of amides is 3. The average molecular weight is 552 g/mol. The van der Waals surface area contributed by atoms with Crippen molar-refractivity contribution in [3.63, 3.8) is 0 Å². The van der Waals surface area contributed by atoms with E-state index >= 15 is 0 Å². The zero-order valence-corrected chi connectivity index (χ0v) is 21.8. The van der Waals surface area contributed by atoms with Gasteiger partial charge in [-0.15, -0.1) is 0 Å². The number of hydrogen-bond acceptors (Lipinski definition) is 8. The highest BCUT2D eigenvalue weighted by atomic mass is 16.4. The standard InChI is InChI=1S/C24H37N7O8/c1-12(2)19(22(37)30-17(23(38)39)10-13-5-7-14(32)8-6-13)31-21(36)16(11-18(33)34)29-20(35)15(25)4-3-9-28-24(26)27/h5-8,12,15-17,19,32H,3-4,9-11,25H2,1-2H3,(H,29,35)(H,30,37)(H,31,36)(H,33,34)(H,38,39)(H4,26,27,28)/t15-,16-,17-,19-/m0/s1. The zero-order valence-electron chi connectivity index (χ0n) is 21.8. The van der Waals surface area contributed by atoms with Crippen LogP contribution in [0.4, 0.5) is 0 Å². The van der Waals surface area contributed by atoms with E-state index in [2.05, 4.69) is 21.3 Å². The summed E-state index contributed by atoms with van der Waals surface area (Å²) in [6, 6.07) is 0.508. The summed E-state index contributed by atoms with van der Waals surface area (Å²) in [5, 5.41) is 44.9. The molecular weight excluding hydrogens is 514 g/mol. The molecule has 15 nitrogen and oxygen atoms in total. The highest BCUT2D eigenvalue weighted by Gasteiger charge is 2.32. The van der Waals surface area contributed by atoms with Gasteiger partial charge in [0.1, 0.15) is 23.9 Å². The molecule has 0 spiro atoms. The van der Waals surface area contributed by atoms with E-state index in [1.165, 1.54) is 24.3 Å². The molecule has 0 unspecified atom stereocenters. The molecule has 1 rings (SSSR count). The van der Waals surface area contributed by atoms with Crippen molar-refractivity contribution in [1.82, 2.24) is 21.3 Å². The first-order valence-electron chi connectivity index (χ1n) is 12.2. The summed E-state index contributed by atoms with van der Waals surface area (Å²) < 4.78 is 0. The number of carboxylic acids is 2. The molecule has 15 heteroatoms. The van der Waals surface area contributed by atoms with Crippen LogP contribution in [-0.2, 0) is 30.4 Å². The van der Waals surface area contributed by atoms with Gasteiger partial charge in [-0.1, -0.05) is 26.0 Å². The minimum Gasteiger partial charge on any atom is -0.508 e. The van der Waals surface area contributed by atoms with Crippen LogP contribution in [0.5, 0.6) is 5.75 Å². The molecular formula is C24H37N7O8. The molecule has 4 atom stereocenters. The third-order valence-corrected chi connectivity index (χ3v) is 5.59. The molecule has 0 saturated heterocycles. The number of phenolic OH excluding ortho intramolecular Hbond substituents is 1. The lowest BCUT2D eigenvalue weighted by atomic mass is 10.0. The summed E-state index contributed by atoms with van der Waals surface area (Å²) in [7, 11) is 0. The fraction of sp³-hybridized carbons (Fsp3) is 0.500. The van der Waals surface area contributed by atoms with Gasteiger partial charge in [0.05, 0.1) is 12.5 Å². The maximum absolute atomic E-state index is 13.0. The fourth-order valence-corrected chi connectivity index (χ4v) is 3.46. The summed E-state index contributed by atoms with van der Waals surface area (Å²) in [5.41, 5.74) is 11.5. The Morgan fingerprint density at radius 3 is 2.03 bits per heavy atom. The van der Waals surface area contributed by atoms with Crippen molar-refractivity contribution >= 4 is 35.6 Å². The smallest absolute Gasteiger partial charge is 0.326 e. The minimum atomic E-state index is -1.56. The fourth-order valence-electron chi connectivity index (χ4n) is 3.46. The second-order valence-corrected chi connectivity index (χ2v) is 9.25. The lowest BCUT2D eigenvalue weighted by molar-refractivity contribution is -0.143. The van der Waals surface area contributed by atoms with Crippen LogP contribution in [0.2, 0.25) is 0 Å². The predicted molar refractivity (Wildman–Crippen MR) is 139 cm³/mol. The Kier molecular flexibility index (Phi) is 13.2. The van der Waals surface area contributed by atoms with Crippen LogP contribution >= 0.6 is 0 Å². The molecule has 0 heterocycles. The number of nitrogens with two attached hydrogens (primary N) is 2. The highest BCUT2D eigenvalue weighted by molar-refractivity contribution is 5.95. The van der Waals surface area contributed by atoms with E-state index in [1.54, 1.807) is 13.8 Å². The third-order valence-electron chi connectivity index (χ3n) is 5.59. The van der Waals surface area contributed by atoms with Crippen LogP contribution in [-0.4, -0.2) is 81.7 Å². The van der Waals surface area contributed by atoms with Gasteiger partial charge >= 0.3 is 11.9 Å². The van der Waals surface area contributed by atoms with E-state index in [0.717, 1.165) is 0 Å². The third kappa shape index (κ3) is 12.1. The molecule has 0 aromatic heterocycles. The lowest BCUT2D eigenvalue weighted by Crippen LogP contribution is -2.59. The van der Waals surface area contributed by atoms with Gasteiger partial charge in [0.25, 0.3) is 0 Å². The maximum atomic E-state index is 13.0. The number of rotatable bonds is 16. The van der Waals surface area contributed by atoms with Crippen molar-refractivity contribution < 1.29 is 39.3 Å². The Hall–Kier alpha value is -4.40. The number of aromatic hydroxyl groups is 1. The second-order valence-electron chi connectivity index (χ2n) is 9.25. The molecule has 0 radical (unpaired) electrons. The van der Waals surface area contributed by atoms with Gasteiger partial charge in [-0.05, 0) is 36.5 Å². The van der Waals surface area contributed by atoms with Gasteiger partial charge < -0.3 is 48.1 Å². The van der Waals surface area contributed by atoms with Crippen molar-refractivity contribution in [1.29, 1.82) is 5.41 Å². The first kappa shape index (κ1) is 32.6. The Bertz CT molecular complexity index is 1030. The summed E-state index contributed by atoms with van der Waals surface area (Å²) in [5.74, 6) is -6.07. The van der Waals surface area contributed by atoms with Crippen LogP contribution in [0.15, 0.2) is 24.3 Å². The number of aliphatic carboxylic acids is 2. The summed E-state index contributed by atoms with van der Waals surface area (Å²) in [6.45, 7) is 3.47. The first-order valence-corrected chi connectivity index (χ1v) is 12.2. The molecule has 0 aliphatic rings. The molecule has 1 aromatic carbocycles. The van der Waals surface area contributed by atoms with Gasteiger partial charge in [0, 0.05) is 13.0 Å². The molecule has 0 fully saturated rings. The molecule has 0 saturated carbocycles. The van der Waals surface area contributed by atoms with Gasteiger partial charge in [-0.25, -0.2) is 4.79 Å². The molecule has 1 aromatic rings. The number of carbonyl (C=O) groups is 5. The topological polar surface area (TPSA) is 270 Å². The molecule has 3 amide bonds. The number of carbonyl (C=O) groups excluding carboxylic acids is 3. The van der Waals surface area contributed by atoms with E-state index in [-0.39, 0.29) is 31.1 Å². The SMILES string of the molecule is CC(C)[C@H](NC(=O)[C@H](CC(=O)O)NC(=O)[C@@H](N)CCCNC(=N)N)C(=O)N[C@@H](Cc1ccc(O)cc1)C(=O)O. The van der Waals surface area contributed by atoms with E-state index in [1.807, 2.05) is 0 Å². The number of benzene rings is 1.